The Morgan fingerprint density at radius 2 is 1.50 bits per heavy atom. The number of Topliss-reactive ketones (excluding diaryl/α,β-unsaturated/α-hetero) is 1. The van der Waals surface area contributed by atoms with Gasteiger partial charge < -0.3 is 9.53 Å². The third-order valence-corrected chi connectivity index (χ3v) is 15.4. The minimum atomic E-state index is -2.69. The van der Waals surface area contributed by atoms with E-state index in [9.17, 15) is 9.90 Å². The molecule has 4 rings (SSSR count). The lowest BCUT2D eigenvalue weighted by Gasteiger charge is -2.56. The Bertz CT molecular complexity index is 1150. The van der Waals surface area contributed by atoms with Crippen molar-refractivity contribution in [2.45, 2.75) is 105 Å². The van der Waals surface area contributed by atoms with Crippen molar-refractivity contribution in [1.29, 1.82) is 0 Å². The van der Waals surface area contributed by atoms with Gasteiger partial charge in [-0.1, -0.05) is 120 Å². The second kappa shape index (κ2) is 11.3. The maximum Gasteiger partial charge on any atom is 0.261 e. The summed E-state index contributed by atoms with van der Waals surface area (Å²) in [6.45, 7) is 18.3. The number of carbonyl (C=O) groups excluding carboxylic acids is 1. The van der Waals surface area contributed by atoms with Crippen LogP contribution in [0.3, 0.4) is 0 Å². The van der Waals surface area contributed by atoms with Gasteiger partial charge in [-0.25, -0.2) is 0 Å². The van der Waals surface area contributed by atoms with Gasteiger partial charge in [0.1, 0.15) is 5.78 Å². The summed E-state index contributed by atoms with van der Waals surface area (Å²) in [5.74, 6) is 0.568. The number of ketones is 1. The van der Waals surface area contributed by atoms with E-state index in [4.69, 9.17) is 4.43 Å². The van der Waals surface area contributed by atoms with Crippen LogP contribution >= 0.6 is 0 Å². The summed E-state index contributed by atoms with van der Waals surface area (Å²) in [6.07, 6.45) is 7.42. The molecule has 0 aliphatic heterocycles. The SMILES string of the molecule is CC1=CCC2C(C)(C)CCC[C@]2(C)[C@H]1C(=O)C[C@@](C)(O)CCO[Si](c1ccccc1)(c1ccccc1)C(C)(C)C. The Labute approximate surface area is 244 Å². The van der Waals surface area contributed by atoms with Crippen LogP contribution in [0.15, 0.2) is 72.3 Å². The number of benzene rings is 2. The molecule has 1 saturated carbocycles. The van der Waals surface area contributed by atoms with Gasteiger partial charge in [0, 0.05) is 18.9 Å². The maximum absolute atomic E-state index is 14.0. The molecule has 2 aliphatic rings. The first-order valence-electron chi connectivity index (χ1n) is 15.3. The van der Waals surface area contributed by atoms with Crippen molar-refractivity contribution in [2.24, 2.45) is 22.7 Å². The minimum absolute atomic E-state index is 0.0425. The Morgan fingerprint density at radius 1 is 0.950 bits per heavy atom. The smallest absolute Gasteiger partial charge is 0.261 e. The molecule has 0 radical (unpaired) electrons. The summed E-state index contributed by atoms with van der Waals surface area (Å²) in [5.41, 5.74) is 0.255. The quantitative estimate of drug-likeness (QED) is 0.256. The minimum Gasteiger partial charge on any atom is -0.407 e. The van der Waals surface area contributed by atoms with Gasteiger partial charge in [-0.2, -0.15) is 0 Å². The van der Waals surface area contributed by atoms with E-state index in [1.165, 1.54) is 28.8 Å². The zero-order chi connectivity index (χ0) is 29.4. The van der Waals surface area contributed by atoms with Crippen LogP contribution in [0.1, 0.15) is 93.9 Å². The number of rotatable bonds is 9. The Morgan fingerprint density at radius 3 is 2.02 bits per heavy atom. The summed E-state index contributed by atoms with van der Waals surface area (Å²) >= 11 is 0. The molecule has 4 atom stereocenters. The monoisotopic (exact) mass is 560 g/mol. The fourth-order valence-electron chi connectivity index (χ4n) is 8.41. The van der Waals surface area contributed by atoms with E-state index in [0.717, 1.165) is 12.8 Å². The molecule has 3 nitrogen and oxygen atoms in total. The molecule has 218 valence electrons. The molecular formula is C36H52O3Si. The van der Waals surface area contributed by atoms with Gasteiger partial charge in [0.05, 0.1) is 5.60 Å². The van der Waals surface area contributed by atoms with Gasteiger partial charge in [0.15, 0.2) is 0 Å². The Hall–Kier alpha value is -2.01. The van der Waals surface area contributed by atoms with Crippen molar-refractivity contribution in [3.63, 3.8) is 0 Å². The van der Waals surface area contributed by atoms with Gasteiger partial charge in [0.2, 0.25) is 0 Å². The first-order valence-corrected chi connectivity index (χ1v) is 17.2. The molecule has 40 heavy (non-hydrogen) atoms. The number of carbonyl (C=O) groups is 1. The van der Waals surface area contributed by atoms with Crippen molar-refractivity contribution in [1.82, 2.24) is 0 Å². The van der Waals surface area contributed by atoms with Crippen LogP contribution in [0.25, 0.3) is 0 Å². The van der Waals surface area contributed by atoms with E-state index in [2.05, 4.69) is 103 Å². The van der Waals surface area contributed by atoms with Crippen molar-refractivity contribution in [3.8, 4) is 0 Å². The number of aliphatic hydroxyl groups is 1. The zero-order valence-electron chi connectivity index (χ0n) is 26.2. The molecular weight excluding hydrogens is 508 g/mol. The number of hydrogen-bond donors (Lipinski definition) is 1. The van der Waals surface area contributed by atoms with E-state index in [0.29, 0.717) is 18.9 Å². The largest absolute Gasteiger partial charge is 0.407 e. The van der Waals surface area contributed by atoms with Gasteiger partial charge in [-0.15, -0.1) is 0 Å². The van der Waals surface area contributed by atoms with Crippen LogP contribution < -0.4 is 10.4 Å². The zero-order valence-corrected chi connectivity index (χ0v) is 27.2. The summed E-state index contributed by atoms with van der Waals surface area (Å²) in [6, 6.07) is 21.2. The molecule has 2 aromatic carbocycles. The first kappa shape index (κ1) is 30.9. The summed E-state index contributed by atoms with van der Waals surface area (Å²) in [7, 11) is -2.69. The van der Waals surface area contributed by atoms with Crippen LogP contribution in [0.4, 0.5) is 0 Å². The highest BCUT2D eigenvalue weighted by atomic mass is 28.4. The van der Waals surface area contributed by atoms with Crippen LogP contribution in [0, 0.1) is 22.7 Å². The Kier molecular flexibility index (Phi) is 8.77. The van der Waals surface area contributed by atoms with E-state index < -0.39 is 13.9 Å². The van der Waals surface area contributed by atoms with Crippen molar-refractivity contribution >= 4 is 24.5 Å². The highest BCUT2D eigenvalue weighted by Gasteiger charge is 2.54. The summed E-state index contributed by atoms with van der Waals surface area (Å²) < 4.78 is 7.04. The average Bonchev–Trinajstić information content (AvgIpc) is 2.85. The fraction of sp³-hybridized carbons (Fsp3) is 0.583. The molecule has 1 N–H and O–H groups in total. The highest BCUT2D eigenvalue weighted by molar-refractivity contribution is 6.99. The lowest BCUT2D eigenvalue weighted by atomic mass is 9.48. The normalized spacial score (nSPS) is 26.4. The predicted octanol–water partition coefficient (Wildman–Crippen LogP) is 7.46. The van der Waals surface area contributed by atoms with E-state index in [1.54, 1.807) is 0 Å². The third kappa shape index (κ3) is 5.82. The predicted molar refractivity (Wildman–Crippen MR) is 170 cm³/mol. The molecule has 0 spiro atoms. The lowest BCUT2D eigenvalue weighted by molar-refractivity contribution is -0.136. The summed E-state index contributed by atoms with van der Waals surface area (Å²) in [4.78, 5) is 14.0. The third-order valence-electron chi connectivity index (χ3n) is 10.3. The molecule has 1 unspecified atom stereocenters. The molecule has 0 amide bonds. The molecule has 2 aromatic rings. The van der Waals surface area contributed by atoms with Crippen LogP contribution in [0.2, 0.25) is 5.04 Å². The second-order valence-electron chi connectivity index (χ2n) is 14.9. The van der Waals surface area contributed by atoms with Crippen molar-refractivity contribution in [2.75, 3.05) is 6.61 Å². The molecule has 0 saturated heterocycles. The number of fused-ring (bicyclic) bond motifs is 1. The first-order chi connectivity index (χ1) is 18.6. The lowest BCUT2D eigenvalue weighted by Crippen LogP contribution is -2.66. The number of hydrogen-bond acceptors (Lipinski definition) is 3. The molecule has 0 heterocycles. The Balaban J connectivity index is 1.55. The van der Waals surface area contributed by atoms with Crippen molar-refractivity contribution in [3.05, 3.63) is 72.3 Å². The highest BCUT2D eigenvalue weighted by Crippen LogP contribution is 2.60. The molecule has 2 aliphatic carbocycles. The fourth-order valence-corrected chi connectivity index (χ4v) is 13.0. The van der Waals surface area contributed by atoms with Gasteiger partial charge in [-0.3, -0.25) is 4.79 Å². The van der Waals surface area contributed by atoms with E-state index in [-0.39, 0.29) is 34.0 Å². The molecule has 0 aromatic heterocycles. The molecule has 0 bridgehead atoms. The van der Waals surface area contributed by atoms with Crippen LogP contribution in [-0.2, 0) is 9.22 Å². The van der Waals surface area contributed by atoms with E-state index in [1.807, 2.05) is 19.1 Å². The average molecular weight is 561 g/mol. The molecule has 4 heteroatoms. The van der Waals surface area contributed by atoms with Gasteiger partial charge in [-0.05, 0) is 71.7 Å². The van der Waals surface area contributed by atoms with Gasteiger partial charge >= 0.3 is 0 Å². The second-order valence-corrected chi connectivity index (χ2v) is 19.2. The number of allylic oxidation sites excluding steroid dienone is 2. The van der Waals surface area contributed by atoms with Crippen LogP contribution in [0.5, 0.6) is 0 Å². The van der Waals surface area contributed by atoms with Crippen molar-refractivity contribution < 1.29 is 14.3 Å². The topological polar surface area (TPSA) is 46.5 Å². The standard InChI is InChI=1S/C36H52O3Si/c1-27-20-21-31-34(5,6)22-15-23-36(31,8)32(27)30(37)26-35(7,38)24-25-39-40(33(2,3)4,28-16-11-9-12-17-28)29-18-13-10-14-19-29/h9-14,16-20,31-32,38H,15,21-26H2,1-8H3/t31?,32-,35+,36+/m1/s1. The van der Waals surface area contributed by atoms with E-state index >= 15 is 0 Å². The van der Waals surface area contributed by atoms with Gasteiger partial charge in [0.25, 0.3) is 8.32 Å². The van der Waals surface area contributed by atoms with Crippen LogP contribution in [-0.4, -0.2) is 31.4 Å². The molecule has 1 fully saturated rings. The summed E-state index contributed by atoms with van der Waals surface area (Å²) in [5, 5.41) is 14.0. The maximum atomic E-state index is 14.0.